The predicted octanol–water partition coefficient (Wildman–Crippen LogP) is 6.75. The number of hydrogen-bond donors (Lipinski definition) is 0. The molecule has 2 nitrogen and oxygen atoms in total. The number of hydrogen-bond acceptors (Lipinski definition) is 2. The standard InChI is InChI=1S/C29H29NOP2/c1-32(25-19-11-5-12-20-25)28-27(23-15-7-3-8-16-23)30(24-17-9-4-10-18-24)31-29(28)33(2)26-21-13-6-14-22-26/h3-22,27-29H,1-2H3/t27-,28-,29+,32?,33?/m0/s1. The minimum atomic E-state index is -0.521. The molecule has 4 aromatic carbocycles. The third-order valence-corrected chi connectivity index (χ3v) is 11.5. The molecule has 0 amide bonds. The van der Waals surface area contributed by atoms with Crippen LogP contribution >= 0.6 is 15.8 Å². The fraction of sp³-hybridized carbons (Fsp3) is 0.172. The number of hydroxylamine groups is 1. The summed E-state index contributed by atoms with van der Waals surface area (Å²) in [4.78, 5) is 6.96. The second-order valence-corrected chi connectivity index (χ2v) is 13.0. The van der Waals surface area contributed by atoms with Gasteiger partial charge in [0.2, 0.25) is 0 Å². The molecule has 0 aliphatic carbocycles. The van der Waals surface area contributed by atoms with Crippen molar-refractivity contribution in [3.05, 3.63) is 127 Å². The van der Waals surface area contributed by atoms with Crippen molar-refractivity contribution >= 4 is 32.1 Å². The molecular weight excluding hydrogens is 440 g/mol. The average Bonchev–Trinajstić information content (AvgIpc) is 3.30. The van der Waals surface area contributed by atoms with Crippen LogP contribution < -0.4 is 15.7 Å². The van der Waals surface area contributed by atoms with E-state index in [1.54, 1.807) is 0 Å². The minimum absolute atomic E-state index is 0.129. The molecule has 4 aromatic rings. The van der Waals surface area contributed by atoms with E-state index in [0.29, 0.717) is 5.66 Å². The Morgan fingerprint density at radius 2 is 1.03 bits per heavy atom. The molecule has 33 heavy (non-hydrogen) atoms. The summed E-state index contributed by atoms with van der Waals surface area (Å²) in [6.45, 7) is 4.82. The van der Waals surface area contributed by atoms with Crippen molar-refractivity contribution < 1.29 is 4.84 Å². The first kappa shape index (κ1) is 22.3. The third-order valence-electron chi connectivity index (χ3n) is 6.40. The van der Waals surface area contributed by atoms with Crippen molar-refractivity contribution in [2.45, 2.75) is 17.5 Å². The minimum Gasteiger partial charge on any atom is -0.264 e. The van der Waals surface area contributed by atoms with Gasteiger partial charge >= 0.3 is 0 Å². The normalized spacial score (nSPS) is 22.1. The molecule has 5 atom stereocenters. The zero-order valence-corrected chi connectivity index (χ0v) is 20.8. The Hall–Kier alpha value is -2.50. The first-order chi connectivity index (χ1) is 16.2. The average molecular weight is 470 g/mol. The number of benzene rings is 4. The molecule has 0 spiro atoms. The van der Waals surface area contributed by atoms with Gasteiger partial charge < -0.3 is 0 Å². The van der Waals surface area contributed by atoms with Crippen molar-refractivity contribution in [1.82, 2.24) is 0 Å². The number of anilines is 1. The SMILES string of the molecule is CP(c1ccccc1)[C@H]1[C@H](c2ccccc2)N(c2ccccc2)O[C@@H]1P(C)c1ccccc1. The molecule has 1 fully saturated rings. The maximum atomic E-state index is 6.96. The Morgan fingerprint density at radius 3 is 1.58 bits per heavy atom. The molecule has 1 heterocycles. The van der Waals surface area contributed by atoms with Gasteiger partial charge in [0.15, 0.2) is 0 Å². The smallest absolute Gasteiger partial charge is 0.118 e. The van der Waals surface area contributed by atoms with Crippen LogP contribution in [0.15, 0.2) is 121 Å². The van der Waals surface area contributed by atoms with Crippen molar-refractivity contribution in [2.75, 3.05) is 18.4 Å². The van der Waals surface area contributed by atoms with Gasteiger partial charge in [0.05, 0.1) is 11.7 Å². The maximum absolute atomic E-state index is 6.96. The van der Waals surface area contributed by atoms with Gasteiger partial charge in [-0.2, -0.15) is 0 Å². The van der Waals surface area contributed by atoms with Crippen LogP contribution in [0.25, 0.3) is 0 Å². The Labute approximate surface area is 199 Å². The van der Waals surface area contributed by atoms with E-state index in [-0.39, 0.29) is 11.9 Å². The zero-order valence-electron chi connectivity index (χ0n) is 19.0. The highest BCUT2D eigenvalue weighted by molar-refractivity contribution is 7.69. The molecule has 4 heteroatoms. The summed E-state index contributed by atoms with van der Waals surface area (Å²) >= 11 is 0. The predicted molar refractivity (Wildman–Crippen MR) is 145 cm³/mol. The van der Waals surface area contributed by atoms with Gasteiger partial charge in [-0.3, -0.25) is 4.84 Å². The van der Waals surface area contributed by atoms with Gasteiger partial charge in [0.25, 0.3) is 0 Å². The largest absolute Gasteiger partial charge is 0.264 e. The molecular formula is C29H29NOP2. The summed E-state index contributed by atoms with van der Waals surface area (Å²) in [6, 6.07) is 43.6. The van der Waals surface area contributed by atoms with Gasteiger partial charge in [-0.25, -0.2) is 5.06 Å². The van der Waals surface area contributed by atoms with Gasteiger partial charge in [-0.05, 0) is 49.6 Å². The van der Waals surface area contributed by atoms with Crippen LogP contribution in [0, 0.1) is 0 Å². The monoisotopic (exact) mass is 469 g/mol. The molecule has 5 rings (SSSR count). The van der Waals surface area contributed by atoms with E-state index >= 15 is 0 Å². The molecule has 0 saturated carbocycles. The lowest BCUT2D eigenvalue weighted by Crippen LogP contribution is -2.30. The van der Waals surface area contributed by atoms with E-state index < -0.39 is 15.8 Å². The number of rotatable bonds is 6. The molecule has 0 N–H and O–H groups in total. The van der Waals surface area contributed by atoms with Gasteiger partial charge in [0.1, 0.15) is 5.85 Å². The van der Waals surface area contributed by atoms with Crippen molar-refractivity contribution in [3.8, 4) is 0 Å². The Morgan fingerprint density at radius 1 is 0.576 bits per heavy atom. The molecule has 1 aliphatic heterocycles. The highest BCUT2D eigenvalue weighted by atomic mass is 31.1. The summed E-state index contributed by atoms with van der Waals surface area (Å²) in [5.41, 5.74) is 2.80. The van der Waals surface area contributed by atoms with Crippen LogP contribution in [0.1, 0.15) is 11.6 Å². The van der Waals surface area contributed by atoms with Gasteiger partial charge in [-0.1, -0.05) is 117 Å². The lowest BCUT2D eigenvalue weighted by atomic mass is 10.0. The number of para-hydroxylation sites is 1. The van der Waals surface area contributed by atoms with Crippen LogP contribution in [-0.2, 0) is 4.84 Å². The molecule has 1 saturated heterocycles. The molecule has 1 aliphatic rings. The summed E-state index contributed by atoms with van der Waals surface area (Å²) in [5, 5.41) is 5.02. The van der Waals surface area contributed by atoms with Gasteiger partial charge in [0, 0.05) is 5.66 Å². The molecule has 166 valence electrons. The van der Waals surface area contributed by atoms with Crippen LogP contribution in [-0.4, -0.2) is 24.8 Å². The van der Waals surface area contributed by atoms with E-state index in [2.05, 4.69) is 140 Å². The quantitative estimate of drug-likeness (QED) is 0.290. The summed E-state index contributed by atoms with van der Waals surface area (Å²) in [7, 11) is -0.990. The van der Waals surface area contributed by atoms with Crippen molar-refractivity contribution in [1.29, 1.82) is 0 Å². The van der Waals surface area contributed by atoms with Crippen LogP contribution in [0.4, 0.5) is 5.69 Å². The van der Waals surface area contributed by atoms with Gasteiger partial charge in [-0.15, -0.1) is 0 Å². The molecule has 0 bridgehead atoms. The fourth-order valence-electron chi connectivity index (χ4n) is 4.67. The molecule has 0 aromatic heterocycles. The second kappa shape index (κ2) is 10.2. The highest BCUT2D eigenvalue weighted by Gasteiger charge is 2.49. The Balaban J connectivity index is 1.64. The van der Waals surface area contributed by atoms with E-state index in [9.17, 15) is 0 Å². The maximum Gasteiger partial charge on any atom is 0.118 e. The van der Waals surface area contributed by atoms with E-state index in [1.807, 2.05) is 0 Å². The van der Waals surface area contributed by atoms with E-state index in [0.717, 1.165) is 5.69 Å². The first-order valence-electron chi connectivity index (χ1n) is 11.4. The zero-order chi connectivity index (χ0) is 22.6. The van der Waals surface area contributed by atoms with Crippen LogP contribution in [0.5, 0.6) is 0 Å². The summed E-state index contributed by atoms with van der Waals surface area (Å²) in [6.07, 6.45) is 0. The van der Waals surface area contributed by atoms with Crippen LogP contribution in [0.3, 0.4) is 0 Å². The topological polar surface area (TPSA) is 12.5 Å². The second-order valence-electron chi connectivity index (χ2n) is 8.40. The summed E-state index contributed by atoms with van der Waals surface area (Å²) in [5.74, 6) is 0.129. The molecule has 2 unspecified atom stereocenters. The Bertz CT molecular complexity index is 1140. The fourth-order valence-corrected chi connectivity index (χ4v) is 9.81. The third kappa shape index (κ3) is 4.62. The summed E-state index contributed by atoms with van der Waals surface area (Å²) < 4.78 is 0. The highest BCUT2D eigenvalue weighted by Crippen LogP contribution is 2.59. The van der Waals surface area contributed by atoms with Crippen molar-refractivity contribution in [3.63, 3.8) is 0 Å². The van der Waals surface area contributed by atoms with Crippen LogP contribution in [0.2, 0.25) is 0 Å². The van der Waals surface area contributed by atoms with Crippen molar-refractivity contribution in [2.24, 2.45) is 0 Å². The Kier molecular flexibility index (Phi) is 6.88. The van der Waals surface area contributed by atoms with E-state index in [1.165, 1.54) is 16.2 Å². The first-order valence-corrected chi connectivity index (χ1v) is 15.1. The lowest BCUT2D eigenvalue weighted by Gasteiger charge is -2.32. The lowest BCUT2D eigenvalue weighted by molar-refractivity contribution is 0.136. The molecule has 0 radical (unpaired) electrons. The van der Waals surface area contributed by atoms with E-state index in [4.69, 9.17) is 4.84 Å². The number of nitrogens with zero attached hydrogens (tertiary/aromatic N) is 1.